The van der Waals surface area contributed by atoms with E-state index in [0.717, 1.165) is 22.2 Å². The fraction of sp³-hybridized carbons (Fsp3) is 0.429. The molecule has 0 N–H and O–H groups in total. The van der Waals surface area contributed by atoms with Gasteiger partial charge >= 0.3 is 6.09 Å². The van der Waals surface area contributed by atoms with Gasteiger partial charge in [0.25, 0.3) is 0 Å². The lowest BCUT2D eigenvalue weighted by Gasteiger charge is -2.34. The topological polar surface area (TPSA) is 82.4 Å². The van der Waals surface area contributed by atoms with Crippen LogP contribution in [0.5, 0.6) is 0 Å². The maximum atomic E-state index is 12.3. The van der Waals surface area contributed by atoms with Crippen molar-refractivity contribution in [1.82, 2.24) is 24.6 Å². The summed E-state index contributed by atoms with van der Waals surface area (Å²) >= 11 is 5.99. The third-order valence-electron chi connectivity index (χ3n) is 4.65. The van der Waals surface area contributed by atoms with Gasteiger partial charge in [-0.25, -0.2) is 9.78 Å². The van der Waals surface area contributed by atoms with Crippen LogP contribution in [0.15, 0.2) is 36.8 Å². The standard InChI is InChI=1S/C21H24ClN5O3/c1-21(2,3)30-20(28)26-6-7-29-16(12-26)13-27-11-15(10-24-27)14-8-18-17(23-9-14)4-5-19(22)25-18/h4-5,8-11,16H,6-7,12-13H2,1-3H3. The number of carbonyl (C=O) groups excluding carboxylic acids is 1. The van der Waals surface area contributed by atoms with Crippen LogP contribution in [0, 0.1) is 0 Å². The summed E-state index contributed by atoms with van der Waals surface area (Å²) in [4.78, 5) is 22.8. The molecule has 1 amide bonds. The van der Waals surface area contributed by atoms with E-state index in [4.69, 9.17) is 21.1 Å². The lowest BCUT2D eigenvalue weighted by Crippen LogP contribution is -2.48. The van der Waals surface area contributed by atoms with E-state index in [-0.39, 0.29) is 12.2 Å². The molecule has 9 heteroatoms. The van der Waals surface area contributed by atoms with Crippen molar-refractivity contribution in [2.75, 3.05) is 19.7 Å². The number of nitrogens with zero attached hydrogens (tertiary/aromatic N) is 5. The van der Waals surface area contributed by atoms with Crippen LogP contribution in [-0.4, -0.2) is 62.1 Å². The van der Waals surface area contributed by atoms with Crippen molar-refractivity contribution in [2.45, 2.75) is 39.0 Å². The summed E-state index contributed by atoms with van der Waals surface area (Å²) in [7, 11) is 0. The third-order valence-corrected chi connectivity index (χ3v) is 4.86. The van der Waals surface area contributed by atoms with Crippen LogP contribution in [-0.2, 0) is 16.0 Å². The second-order valence-corrected chi connectivity index (χ2v) is 8.65. The number of rotatable bonds is 3. The van der Waals surface area contributed by atoms with Crippen LogP contribution in [0.2, 0.25) is 5.15 Å². The summed E-state index contributed by atoms with van der Waals surface area (Å²) in [6.07, 6.45) is 5.03. The molecule has 0 radical (unpaired) electrons. The van der Waals surface area contributed by atoms with Crippen molar-refractivity contribution in [3.63, 3.8) is 0 Å². The van der Waals surface area contributed by atoms with Crippen LogP contribution >= 0.6 is 11.6 Å². The Bertz CT molecular complexity index is 1060. The number of ether oxygens (including phenoxy) is 2. The first-order chi connectivity index (χ1) is 14.3. The Labute approximate surface area is 179 Å². The maximum absolute atomic E-state index is 12.3. The van der Waals surface area contributed by atoms with Gasteiger partial charge in [-0.15, -0.1) is 0 Å². The molecule has 1 saturated heterocycles. The zero-order chi connectivity index (χ0) is 21.3. The molecule has 8 nitrogen and oxygen atoms in total. The highest BCUT2D eigenvalue weighted by Crippen LogP contribution is 2.23. The monoisotopic (exact) mass is 429 g/mol. The quantitative estimate of drug-likeness (QED) is 0.589. The zero-order valence-electron chi connectivity index (χ0n) is 17.2. The molecule has 0 aromatic carbocycles. The molecule has 4 rings (SSSR count). The van der Waals surface area contributed by atoms with Crippen LogP contribution in [0.25, 0.3) is 22.2 Å². The van der Waals surface area contributed by atoms with Gasteiger partial charge in [0, 0.05) is 30.1 Å². The largest absolute Gasteiger partial charge is 0.444 e. The number of carbonyl (C=O) groups is 1. The van der Waals surface area contributed by atoms with E-state index in [9.17, 15) is 4.79 Å². The molecule has 0 aliphatic carbocycles. The molecule has 0 saturated carbocycles. The number of hydrogen-bond donors (Lipinski definition) is 0. The second-order valence-electron chi connectivity index (χ2n) is 8.27. The molecule has 3 aromatic rings. The smallest absolute Gasteiger partial charge is 0.410 e. The molecule has 1 fully saturated rings. The Balaban J connectivity index is 1.44. The summed E-state index contributed by atoms with van der Waals surface area (Å²) in [6.45, 7) is 7.57. The van der Waals surface area contributed by atoms with Crippen LogP contribution in [0.1, 0.15) is 20.8 Å². The number of aromatic nitrogens is 4. The van der Waals surface area contributed by atoms with E-state index in [1.807, 2.05) is 43.8 Å². The molecule has 3 aromatic heterocycles. The first-order valence-corrected chi connectivity index (χ1v) is 10.2. The normalized spacial score (nSPS) is 17.3. The van der Waals surface area contributed by atoms with Crippen LogP contribution < -0.4 is 0 Å². The zero-order valence-corrected chi connectivity index (χ0v) is 18.0. The number of morpholine rings is 1. The first-order valence-electron chi connectivity index (χ1n) is 9.81. The Morgan fingerprint density at radius 3 is 2.90 bits per heavy atom. The highest BCUT2D eigenvalue weighted by Gasteiger charge is 2.28. The van der Waals surface area contributed by atoms with Gasteiger partial charge in [0.1, 0.15) is 10.8 Å². The minimum Gasteiger partial charge on any atom is -0.444 e. The summed E-state index contributed by atoms with van der Waals surface area (Å²) in [5.74, 6) is 0. The van der Waals surface area contributed by atoms with E-state index in [1.165, 1.54) is 0 Å². The van der Waals surface area contributed by atoms with Crippen molar-refractivity contribution in [2.24, 2.45) is 0 Å². The first kappa shape index (κ1) is 20.6. The van der Waals surface area contributed by atoms with E-state index in [2.05, 4.69) is 15.1 Å². The Morgan fingerprint density at radius 1 is 1.27 bits per heavy atom. The molecular weight excluding hydrogens is 406 g/mol. The van der Waals surface area contributed by atoms with Crippen LogP contribution in [0.3, 0.4) is 0 Å². The highest BCUT2D eigenvalue weighted by molar-refractivity contribution is 6.29. The summed E-state index contributed by atoms with van der Waals surface area (Å²) in [5, 5.41) is 4.87. The Morgan fingerprint density at radius 2 is 2.10 bits per heavy atom. The van der Waals surface area contributed by atoms with E-state index in [0.29, 0.717) is 31.4 Å². The highest BCUT2D eigenvalue weighted by atomic mass is 35.5. The van der Waals surface area contributed by atoms with Gasteiger partial charge in [-0.3, -0.25) is 9.67 Å². The van der Waals surface area contributed by atoms with Crippen molar-refractivity contribution in [3.8, 4) is 11.1 Å². The molecule has 0 spiro atoms. The van der Waals surface area contributed by atoms with Gasteiger partial charge < -0.3 is 14.4 Å². The van der Waals surface area contributed by atoms with Crippen molar-refractivity contribution < 1.29 is 14.3 Å². The number of amides is 1. The Hall–Kier alpha value is -2.71. The molecule has 1 atom stereocenters. The minimum absolute atomic E-state index is 0.158. The third kappa shape index (κ3) is 4.88. The number of halogens is 1. The fourth-order valence-electron chi connectivity index (χ4n) is 3.28. The molecule has 4 heterocycles. The summed E-state index contributed by atoms with van der Waals surface area (Å²) < 4.78 is 13.1. The lowest BCUT2D eigenvalue weighted by atomic mass is 10.1. The molecule has 158 valence electrons. The van der Waals surface area contributed by atoms with Crippen molar-refractivity contribution in [1.29, 1.82) is 0 Å². The second kappa shape index (κ2) is 8.20. The average molecular weight is 430 g/mol. The maximum Gasteiger partial charge on any atom is 0.410 e. The average Bonchev–Trinajstić information content (AvgIpc) is 3.15. The summed E-state index contributed by atoms with van der Waals surface area (Å²) in [5.41, 5.74) is 2.83. The van der Waals surface area contributed by atoms with Crippen molar-refractivity contribution in [3.05, 3.63) is 41.9 Å². The predicted molar refractivity (Wildman–Crippen MR) is 113 cm³/mol. The van der Waals surface area contributed by atoms with E-state index in [1.54, 1.807) is 23.4 Å². The molecule has 30 heavy (non-hydrogen) atoms. The SMILES string of the molecule is CC(C)(C)OC(=O)N1CCOC(Cn2cc(-c3cnc4ccc(Cl)nc4c3)cn2)C1. The lowest BCUT2D eigenvalue weighted by molar-refractivity contribution is -0.0483. The van der Waals surface area contributed by atoms with Crippen LogP contribution in [0.4, 0.5) is 4.79 Å². The fourth-order valence-corrected chi connectivity index (χ4v) is 3.44. The Kier molecular flexibility index (Phi) is 5.62. The van der Waals surface area contributed by atoms with E-state index < -0.39 is 5.60 Å². The molecule has 1 aliphatic heterocycles. The molecular formula is C21H24ClN5O3. The van der Waals surface area contributed by atoms with Gasteiger partial charge in [0.2, 0.25) is 0 Å². The molecule has 1 aliphatic rings. The number of hydrogen-bond acceptors (Lipinski definition) is 6. The molecule has 0 bridgehead atoms. The summed E-state index contributed by atoms with van der Waals surface area (Å²) in [6, 6.07) is 5.50. The van der Waals surface area contributed by atoms with Gasteiger partial charge in [0.15, 0.2) is 0 Å². The van der Waals surface area contributed by atoms with Gasteiger partial charge in [-0.2, -0.15) is 5.10 Å². The van der Waals surface area contributed by atoms with E-state index >= 15 is 0 Å². The minimum atomic E-state index is -0.519. The predicted octanol–water partition coefficient (Wildman–Crippen LogP) is 3.78. The van der Waals surface area contributed by atoms with Gasteiger partial charge in [-0.1, -0.05) is 11.6 Å². The van der Waals surface area contributed by atoms with Gasteiger partial charge in [0.05, 0.1) is 43.0 Å². The van der Waals surface area contributed by atoms with Crippen molar-refractivity contribution >= 4 is 28.7 Å². The number of fused-ring (bicyclic) bond motifs is 1. The molecule has 1 unspecified atom stereocenters. The van der Waals surface area contributed by atoms with Gasteiger partial charge in [-0.05, 0) is 39.0 Å². The number of pyridine rings is 2.